The molecule has 1 unspecified atom stereocenters. The number of sulfone groups is 1. The predicted molar refractivity (Wildman–Crippen MR) is 71.9 cm³/mol. The molecule has 1 aliphatic rings. The second-order valence-corrected chi connectivity index (χ2v) is 7.83. The van der Waals surface area contributed by atoms with Crippen molar-refractivity contribution in [1.82, 2.24) is 5.32 Å². The molecule has 0 spiro atoms. The molecular weight excluding hydrogens is 242 g/mol. The summed E-state index contributed by atoms with van der Waals surface area (Å²) in [5.41, 5.74) is 0. The molecule has 1 N–H and O–H groups in total. The first-order valence-corrected chi connectivity index (χ1v) is 9.13. The summed E-state index contributed by atoms with van der Waals surface area (Å²) in [6.45, 7) is 3.16. The standard InChI is InChI=1S/C11H23NO2S2/c1-2-3-4-7-15-8-6-12-11-5-9-16(13,14)10-11/h11-12H,2-10H2,1H3. The molecule has 1 atom stereocenters. The average molecular weight is 265 g/mol. The van der Waals surface area contributed by atoms with Crippen LogP contribution in [0.2, 0.25) is 0 Å². The van der Waals surface area contributed by atoms with E-state index in [0.717, 1.165) is 18.7 Å². The second-order valence-electron chi connectivity index (χ2n) is 4.37. The van der Waals surface area contributed by atoms with E-state index in [0.29, 0.717) is 11.5 Å². The van der Waals surface area contributed by atoms with Crippen molar-refractivity contribution in [1.29, 1.82) is 0 Å². The van der Waals surface area contributed by atoms with Crippen molar-refractivity contribution in [2.24, 2.45) is 0 Å². The number of nitrogens with one attached hydrogen (secondary N) is 1. The third-order valence-electron chi connectivity index (χ3n) is 2.80. The van der Waals surface area contributed by atoms with Crippen LogP contribution in [0.25, 0.3) is 0 Å². The van der Waals surface area contributed by atoms with Crippen LogP contribution in [0.15, 0.2) is 0 Å². The number of unbranched alkanes of at least 4 members (excludes halogenated alkanes) is 2. The quantitative estimate of drug-likeness (QED) is 0.678. The van der Waals surface area contributed by atoms with Gasteiger partial charge in [0.25, 0.3) is 0 Å². The lowest BCUT2D eigenvalue weighted by Gasteiger charge is -2.09. The molecule has 1 saturated heterocycles. The summed E-state index contributed by atoms with van der Waals surface area (Å²) in [5.74, 6) is 3.04. The highest BCUT2D eigenvalue weighted by Crippen LogP contribution is 2.11. The molecule has 3 nitrogen and oxygen atoms in total. The van der Waals surface area contributed by atoms with Crippen molar-refractivity contribution in [3.05, 3.63) is 0 Å². The van der Waals surface area contributed by atoms with Crippen molar-refractivity contribution in [2.45, 2.75) is 38.6 Å². The average Bonchev–Trinajstić information content (AvgIpc) is 2.57. The zero-order valence-electron chi connectivity index (χ0n) is 10.1. The van der Waals surface area contributed by atoms with Crippen LogP contribution in [0.5, 0.6) is 0 Å². The van der Waals surface area contributed by atoms with E-state index in [1.807, 2.05) is 11.8 Å². The molecule has 0 aliphatic carbocycles. The Balaban J connectivity index is 1.92. The Morgan fingerprint density at radius 1 is 1.31 bits per heavy atom. The van der Waals surface area contributed by atoms with Crippen molar-refractivity contribution < 1.29 is 8.42 Å². The zero-order valence-corrected chi connectivity index (χ0v) is 11.7. The Morgan fingerprint density at radius 2 is 2.12 bits per heavy atom. The van der Waals surface area contributed by atoms with E-state index in [1.54, 1.807) is 0 Å². The van der Waals surface area contributed by atoms with Crippen LogP contribution in [0.3, 0.4) is 0 Å². The van der Waals surface area contributed by atoms with E-state index >= 15 is 0 Å². The minimum Gasteiger partial charge on any atom is -0.312 e. The van der Waals surface area contributed by atoms with Gasteiger partial charge in [-0.15, -0.1) is 0 Å². The molecule has 1 rings (SSSR count). The second kappa shape index (κ2) is 7.56. The lowest BCUT2D eigenvalue weighted by molar-refractivity contribution is 0.574. The van der Waals surface area contributed by atoms with E-state index in [4.69, 9.17) is 0 Å². The van der Waals surface area contributed by atoms with E-state index in [2.05, 4.69) is 12.2 Å². The van der Waals surface area contributed by atoms with Gasteiger partial charge in [0, 0.05) is 18.3 Å². The molecule has 0 aromatic heterocycles. The van der Waals surface area contributed by atoms with Gasteiger partial charge in [-0.3, -0.25) is 0 Å². The summed E-state index contributed by atoms with van der Waals surface area (Å²) in [5, 5.41) is 3.33. The van der Waals surface area contributed by atoms with Gasteiger partial charge in [-0.25, -0.2) is 8.42 Å². The third kappa shape index (κ3) is 6.11. The largest absolute Gasteiger partial charge is 0.312 e. The molecule has 1 fully saturated rings. The summed E-state index contributed by atoms with van der Waals surface area (Å²) >= 11 is 1.96. The summed E-state index contributed by atoms with van der Waals surface area (Å²) in [6.07, 6.45) is 4.70. The highest BCUT2D eigenvalue weighted by Gasteiger charge is 2.26. The van der Waals surface area contributed by atoms with Crippen molar-refractivity contribution in [3.63, 3.8) is 0 Å². The van der Waals surface area contributed by atoms with Crippen LogP contribution in [-0.2, 0) is 9.84 Å². The van der Waals surface area contributed by atoms with Gasteiger partial charge >= 0.3 is 0 Å². The van der Waals surface area contributed by atoms with Gasteiger partial charge in [0.05, 0.1) is 11.5 Å². The van der Waals surface area contributed by atoms with Crippen LogP contribution >= 0.6 is 11.8 Å². The van der Waals surface area contributed by atoms with Gasteiger partial charge in [-0.05, 0) is 18.6 Å². The Bertz CT molecular complexity index is 278. The fraction of sp³-hybridized carbons (Fsp3) is 1.00. The summed E-state index contributed by atoms with van der Waals surface area (Å²) in [6, 6.07) is 0.209. The fourth-order valence-corrected chi connectivity index (χ4v) is 4.43. The van der Waals surface area contributed by atoms with E-state index in [1.165, 1.54) is 25.0 Å². The Morgan fingerprint density at radius 3 is 2.75 bits per heavy atom. The Labute approximate surface area is 104 Å². The Hall–Kier alpha value is 0.260. The van der Waals surface area contributed by atoms with Gasteiger partial charge in [-0.1, -0.05) is 19.8 Å². The molecule has 0 aromatic rings. The van der Waals surface area contributed by atoms with E-state index in [9.17, 15) is 8.42 Å². The van der Waals surface area contributed by atoms with Crippen LogP contribution in [-0.4, -0.2) is 44.0 Å². The highest BCUT2D eigenvalue weighted by molar-refractivity contribution is 7.99. The first kappa shape index (κ1) is 14.3. The van der Waals surface area contributed by atoms with Crippen LogP contribution in [0.4, 0.5) is 0 Å². The smallest absolute Gasteiger partial charge is 0.151 e. The molecule has 0 saturated carbocycles. The SMILES string of the molecule is CCCCCSCCNC1CCS(=O)(=O)C1. The summed E-state index contributed by atoms with van der Waals surface area (Å²) < 4.78 is 22.4. The maximum atomic E-state index is 11.2. The van der Waals surface area contributed by atoms with Gasteiger partial charge in [0.1, 0.15) is 0 Å². The zero-order chi connectivity index (χ0) is 11.9. The minimum absolute atomic E-state index is 0.209. The monoisotopic (exact) mass is 265 g/mol. The lowest BCUT2D eigenvalue weighted by Crippen LogP contribution is -2.31. The van der Waals surface area contributed by atoms with Gasteiger partial charge in [-0.2, -0.15) is 11.8 Å². The van der Waals surface area contributed by atoms with Crippen molar-refractivity contribution in [2.75, 3.05) is 29.6 Å². The van der Waals surface area contributed by atoms with Crippen LogP contribution in [0, 0.1) is 0 Å². The van der Waals surface area contributed by atoms with Gasteiger partial charge < -0.3 is 5.32 Å². The van der Waals surface area contributed by atoms with E-state index < -0.39 is 9.84 Å². The topological polar surface area (TPSA) is 46.2 Å². The maximum absolute atomic E-state index is 11.2. The molecular formula is C11H23NO2S2. The van der Waals surface area contributed by atoms with Crippen LogP contribution < -0.4 is 5.32 Å². The first-order chi connectivity index (χ1) is 7.64. The van der Waals surface area contributed by atoms with E-state index in [-0.39, 0.29) is 6.04 Å². The summed E-state index contributed by atoms with van der Waals surface area (Å²) in [7, 11) is -2.72. The molecule has 0 bridgehead atoms. The molecule has 16 heavy (non-hydrogen) atoms. The highest BCUT2D eigenvalue weighted by atomic mass is 32.2. The van der Waals surface area contributed by atoms with Crippen LogP contribution in [0.1, 0.15) is 32.6 Å². The molecule has 0 aromatic carbocycles. The van der Waals surface area contributed by atoms with Crippen molar-refractivity contribution in [3.8, 4) is 0 Å². The first-order valence-electron chi connectivity index (χ1n) is 6.15. The Kier molecular flexibility index (Phi) is 6.77. The van der Waals surface area contributed by atoms with Crippen molar-refractivity contribution >= 4 is 21.6 Å². The fourth-order valence-electron chi connectivity index (χ4n) is 1.85. The third-order valence-corrected chi connectivity index (χ3v) is 5.64. The molecule has 96 valence electrons. The molecule has 1 heterocycles. The van der Waals surface area contributed by atoms with Gasteiger partial charge in [0.15, 0.2) is 9.84 Å². The predicted octanol–water partition coefficient (Wildman–Crippen LogP) is 1.69. The molecule has 0 radical (unpaired) electrons. The van der Waals surface area contributed by atoms with Gasteiger partial charge in [0.2, 0.25) is 0 Å². The number of hydrogen-bond donors (Lipinski definition) is 1. The summed E-state index contributed by atoms with van der Waals surface area (Å²) in [4.78, 5) is 0. The maximum Gasteiger partial charge on any atom is 0.151 e. The minimum atomic E-state index is -2.72. The normalized spacial score (nSPS) is 23.7. The molecule has 1 aliphatic heterocycles. The molecule has 0 amide bonds. The molecule has 5 heteroatoms. The number of thioether (sulfide) groups is 1. The lowest BCUT2D eigenvalue weighted by atomic mass is 10.3. The number of hydrogen-bond acceptors (Lipinski definition) is 4. The number of rotatable bonds is 8.